The zero-order valence-corrected chi connectivity index (χ0v) is 9.25. The van der Waals surface area contributed by atoms with Crippen LogP contribution in [0.5, 0.6) is 0 Å². The van der Waals surface area contributed by atoms with E-state index in [4.69, 9.17) is 5.11 Å². The van der Waals surface area contributed by atoms with Crippen molar-refractivity contribution in [1.29, 1.82) is 0 Å². The number of nitrogens with one attached hydrogen (secondary N) is 1. The lowest BCUT2D eigenvalue weighted by Crippen LogP contribution is -2.03. The van der Waals surface area contributed by atoms with Gasteiger partial charge in [0.1, 0.15) is 5.82 Å². The number of benzene rings is 1. The Morgan fingerprint density at radius 1 is 1.56 bits per heavy atom. The number of rotatable bonds is 4. The van der Waals surface area contributed by atoms with Crippen LogP contribution in [0.15, 0.2) is 29.8 Å². The summed E-state index contributed by atoms with van der Waals surface area (Å²) in [5.41, 5.74) is 1.49. The van der Waals surface area contributed by atoms with Crippen molar-refractivity contribution in [3.05, 3.63) is 41.2 Å². The fourth-order valence-corrected chi connectivity index (χ4v) is 1.11. The quantitative estimate of drug-likeness (QED) is 0.771. The largest absolute Gasteiger partial charge is 0.478 e. The van der Waals surface area contributed by atoms with Crippen LogP contribution in [0.1, 0.15) is 12.5 Å². The van der Waals surface area contributed by atoms with Crippen molar-refractivity contribution in [3.63, 3.8) is 0 Å². The molecule has 4 heteroatoms. The van der Waals surface area contributed by atoms with Gasteiger partial charge in [0.25, 0.3) is 0 Å². The Kier molecular flexibility index (Phi) is 4.05. The first-order valence-corrected chi connectivity index (χ1v) is 4.91. The Bertz CT molecular complexity index is 427. The first-order valence-electron chi connectivity index (χ1n) is 4.91. The number of carboxylic acids is 1. The molecule has 16 heavy (non-hydrogen) atoms. The van der Waals surface area contributed by atoms with E-state index in [1.165, 1.54) is 13.0 Å². The highest BCUT2D eigenvalue weighted by Gasteiger charge is 2.00. The van der Waals surface area contributed by atoms with Gasteiger partial charge < -0.3 is 10.4 Å². The van der Waals surface area contributed by atoms with Crippen molar-refractivity contribution in [1.82, 2.24) is 0 Å². The van der Waals surface area contributed by atoms with Crippen LogP contribution in [-0.4, -0.2) is 17.6 Å². The molecule has 0 aliphatic heterocycles. The summed E-state index contributed by atoms with van der Waals surface area (Å²) in [4.78, 5) is 10.5. The normalized spacial score (nSPS) is 11.3. The van der Waals surface area contributed by atoms with Gasteiger partial charge in [0.15, 0.2) is 0 Å². The van der Waals surface area contributed by atoms with Crippen molar-refractivity contribution in [2.24, 2.45) is 0 Å². The van der Waals surface area contributed by atoms with Crippen LogP contribution in [0.25, 0.3) is 0 Å². The SMILES string of the molecule is C/C(=C/CNc1ccc(C)c(F)c1)C(=O)O. The molecule has 86 valence electrons. The van der Waals surface area contributed by atoms with Gasteiger partial charge in [-0.15, -0.1) is 0 Å². The molecule has 1 rings (SSSR count). The van der Waals surface area contributed by atoms with E-state index in [2.05, 4.69) is 5.32 Å². The third-order valence-electron chi connectivity index (χ3n) is 2.22. The Morgan fingerprint density at radius 3 is 2.81 bits per heavy atom. The number of hydrogen-bond donors (Lipinski definition) is 2. The second-order valence-corrected chi connectivity index (χ2v) is 3.54. The van der Waals surface area contributed by atoms with Gasteiger partial charge in [0, 0.05) is 17.8 Å². The Morgan fingerprint density at radius 2 is 2.25 bits per heavy atom. The molecule has 1 aromatic carbocycles. The van der Waals surface area contributed by atoms with E-state index in [9.17, 15) is 9.18 Å². The lowest BCUT2D eigenvalue weighted by atomic mass is 10.2. The lowest BCUT2D eigenvalue weighted by molar-refractivity contribution is -0.132. The van der Waals surface area contributed by atoms with Gasteiger partial charge in [-0.3, -0.25) is 0 Å². The van der Waals surface area contributed by atoms with Crippen LogP contribution in [0.3, 0.4) is 0 Å². The minimum atomic E-state index is -0.947. The van der Waals surface area contributed by atoms with Crippen molar-refractivity contribution in [3.8, 4) is 0 Å². The van der Waals surface area contributed by atoms with Gasteiger partial charge in [0.2, 0.25) is 0 Å². The highest BCUT2D eigenvalue weighted by molar-refractivity contribution is 5.85. The van der Waals surface area contributed by atoms with E-state index in [0.29, 0.717) is 17.8 Å². The maximum atomic E-state index is 13.1. The van der Waals surface area contributed by atoms with Crippen LogP contribution >= 0.6 is 0 Å². The van der Waals surface area contributed by atoms with Crippen LogP contribution in [0, 0.1) is 12.7 Å². The number of halogens is 1. The third kappa shape index (κ3) is 3.38. The number of aliphatic carboxylic acids is 1. The average Bonchev–Trinajstić information content (AvgIpc) is 2.23. The molecular weight excluding hydrogens is 209 g/mol. The van der Waals surface area contributed by atoms with Gasteiger partial charge in [-0.1, -0.05) is 12.1 Å². The third-order valence-corrected chi connectivity index (χ3v) is 2.22. The molecular formula is C12H14FNO2. The van der Waals surface area contributed by atoms with Crippen LogP contribution < -0.4 is 5.32 Å². The summed E-state index contributed by atoms with van der Waals surface area (Å²) >= 11 is 0. The minimum Gasteiger partial charge on any atom is -0.478 e. The Labute approximate surface area is 93.6 Å². The highest BCUT2D eigenvalue weighted by atomic mass is 19.1. The molecule has 0 aliphatic rings. The Balaban J connectivity index is 2.59. The van der Waals surface area contributed by atoms with E-state index < -0.39 is 5.97 Å². The van der Waals surface area contributed by atoms with Gasteiger partial charge in [-0.2, -0.15) is 0 Å². The summed E-state index contributed by atoms with van der Waals surface area (Å²) in [6.07, 6.45) is 1.54. The molecule has 0 saturated heterocycles. The summed E-state index contributed by atoms with van der Waals surface area (Å²) < 4.78 is 13.1. The van der Waals surface area contributed by atoms with E-state index in [0.717, 1.165) is 0 Å². The van der Waals surface area contributed by atoms with Crippen LogP contribution in [-0.2, 0) is 4.79 Å². The molecule has 0 fully saturated rings. The number of hydrogen-bond acceptors (Lipinski definition) is 2. The zero-order valence-electron chi connectivity index (χ0n) is 9.25. The second-order valence-electron chi connectivity index (χ2n) is 3.54. The topological polar surface area (TPSA) is 49.3 Å². The summed E-state index contributed by atoms with van der Waals surface area (Å²) in [5.74, 6) is -1.22. The Hall–Kier alpha value is -1.84. The summed E-state index contributed by atoms with van der Waals surface area (Å²) in [6.45, 7) is 3.56. The lowest BCUT2D eigenvalue weighted by Gasteiger charge is -2.05. The second kappa shape index (κ2) is 5.30. The molecule has 0 saturated carbocycles. The van der Waals surface area contributed by atoms with Gasteiger partial charge in [-0.25, -0.2) is 9.18 Å². The van der Waals surface area contributed by atoms with Crippen molar-refractivity contribution >= 4 is 11.7 Å². The molecule has 0 amide bonds. The fraction of sp³-hybridized carbons (Fsp3) is 0.250. The number of aryl methyl sites for hydroxylation is 1. The van der Waals surface area contributed by atoms with Crippen LogP contribution in [0.2, 0.25) is 0 Å². The minimum absolute atomic E-state index is 0.264. The molecule has 2 N–H and O–H groups in total. The van der Waals surface area contributed by atoms with Crippen molar-refractivity contribution < 1.29 is 14.3 Å². The highest BCUT2D eigenvalue weighted by Crippen LogP contribution is 2.13. The molecule has 0 unspecified atom stereocenters. The van der Waals surface area contributed by atoms with Crippen molar-refractivity contribution in [2.45, 2.75) is 13.8 Å². The zero-order chi connectivity index (χ0) is 12.1. The van der Waals surface area contributed by atoms with Crippen molar-refractivity contribution in [2.75, 3.05) is 11.9 Å². The molecule has 0 atom stereocenters. The van der Waals surface area contributed by atoms with Gasteiger partial charge in [0.05, 0.1) is 0 Å². The summed E-state index contributed by atoms with van der Waals surface area (Å²) in [6, 6.07) is 4.81. The van der Waals surface area contributed by atoms with Crippen LogP contribution in [0.4, 0.5) is 10.1 Å². The summed E-state index contributed by atoms with van der Waals surface area (Å²) in [5, 5.41) is 11.5. The number of carboxylic acid groups (broad SMARTS) is 1. The molecule has 0 spiro atoms. The molecule has 0 aliphatic carbocycles. The molecule has 0 bridgehead atoms. The van der Waals surface area contributed by atoms with E-state index >= 15 is 0 Å². The number of carbonyl (C=O) groups is 1. The molecule has 1 aromatic rings. The van der Waals surface area contributed by atoms with Gasteiger partial charge in [-0.05, 0) is 31.5 Å². The summed E-state index contributed by atoms with van der Waals surface area (Å²) in [7, 11) is 0. The monoisotopic (exact) mass is 223 g/mol. The average molecular weight is 223 g/mol. The van der Waals surface area contributed by atoms with E-state index in [1.807, 2.05) is 0 Å². The molecule has 3 nitrogen and oxygen atoms in total. The van der Waals surface area contributed by atoms with E-state index in [1.54, 1.807) is 25.1 Å². The predicted octanol–water partition coefficient (Wildman–Crippen LogP) is 2.58. The number of anilines is 1. The molecule has 0 heterocycles. The predicted molar refractivity (Wildman–Crippen MR) is 61.0 cm³/mol. The maximum Gasteiger partial charge on any atom is 0.331 e. The molecule has 0 aromatic heterocycles. The maximum absolute atomic E-state index is 13.1. The molecule has 0 radical (unpaired) electrons. The first kappa shape index (κ1) is 12.2. The fourth-order valence-electron chi connectivity index (χ4n) is 1.11. The first-order chi connectivity index (χ1) is 7.50. The smallest absolute Gasteiger partial charge is 0.331 e. The van der Waals surface area contributed by atoms with Gasteiger partial charge >= 0.3 is 5.97 Å². The van der Waals surface area contributed by atoms with E-state index in [-0.39, 0.29) is 11.4 Å². The standard InChI is InChI=1S/C12H14FNO2/c1-8-3-4-10(7-11(8)13)14-6-5-9(2)12(15)16/h3-5,7,14H,6H2,1-2H3,(H,15,16)/b9-5-.